The van der Waals surface area contributed by atoms with E-state index in [9.17, 15) is 0 Å². The van der Waals surface area contributed by atoms with Crippen LogP contribution in [0.4, 0.5) is 0 Å². The Labute approximate surface area is 85.6 Å². The van der Waals surface area contributed by atoms with Gasteiger partial charge in [-0.3, -0.25) is 0 Å². The summed E-state index contributed by atoms with van der Waals surface area (Å²) in [5.74, 6) is 0. The lowest BCUT2D eigenvalue weighted by Gasteiger charge is -2.24. The average Bonchev–Trinajstić information content (AvgIpc) is 2.07. The van der Waals surface area contributed by atoms with E-state index in [1.54, 1.807) is 0 Å². The second-order valence-electron chi connectivity index (χ2n) is 2.07. The lowest BCUT2D eigenvalue weighted by Crippen LogP contribution is -2.32. The van der Waals surface area contributed by atoms with Crippen LogP contribution >= 0.6 is 47.8 Å². The Morgan fingerprint density at radius 2 is 1.80 bits per heavy atom. The van der Waals surface area contributed by atoms with Gasteiger partial charge in [0, 0.05) is 14.1 Å². The van der Waals surface area contributed by atoms with E-state index in [1.165, 1.54) is 0 Å². The van der Waals surface area contributed by atoms with Gasteiger partial charge in [0.15, 0.2) is 0 Å². The number of hydrogen-bond acceptors (Lipinski definition) is 2. The number of hydrogen-bond donors (Lipinski definition) is 0. The van der Waals surface area contributed by atoms with Gasteiger partial charge in [0.1, 0.15) is 9.56 Å². The molecule has 1 heterocycles. The summed E-state index contributed by atoms with van der Waals surface area (Å²) in [6, 6.07) is 0. The van der Waals surface area contributed by atoms with E-state index in [0.717, 1.165) is 9.09 Å². The molecule has 0 aromatic rings. The Hall–Kier alpha value is 0.940. The molecular weight excluding hydrogens is 328 g/mol. The summed E-state index contributed by atoms with van der Waals surface area (Å²) in [6.45, 7) is 0. The van der Waals surface area contributed by atoms with Crippen LogP contribution in [-0.2, 0) is 0 Å². The fourth-order valence-electron chi connectivity index (χ4n) is 0.707. The largest absolute Gasteiger partial charge is 0.300 e. The van der Waals surface area contributed by atoms with Crippen molar-refractivity contribution < 1.29 is 0 Å². The van der Waals surface area contributed by atoms with E-state index in [2.05, 4.69) is 52.8 Å². The van der Waals surface area contributed by atoms with Gasteiger partial charge in [-0.25, -0.2) is 5.01 Å². The number of halogens is 3. The minimum atomic E-state index is 0.256. The fourth-order valence-corrected chi connectivity index (χ4v) is 2.53. The van der Waals surface area contributed by atoms with Gasteiger partial charge >= 0.3 is 0 Å². The molecule has 10 heavy (non-hydrogen) atoms. The highest BCUT2D eigenvalue weighted by molar-refractivity contribution is 9.15. The Morgan fingerprint density at radius 3 is 1.90 bits per heavy atom. The molecule has 0 fully saturated rings. The van der Waals surface area contributed by atoms with Crippen molar-refractivity contribution in [3.05, 3.63) is 9.09 Å². The van der Waals surface area contributed by atoms with Crippen molar-refractivity contribution in [1.82, 2.24) is 10.0 Å². The molecule has 0 N–H and O–H groups in total. The lowest BCUT2D eigenvalue weighted by molar-refractivity contribution is 0.104. The molecule has 0 bridgehead atoms. The number of hydrazine groups is 1. The van der Waals surface area contributed by atoms with Gasteiger partial charge < -0.3 is 5.01 Å². The van der Waals surface area contributed by atoms with E-state index in [1.807, 2.05) is 19.1 Å². The van der Waals surface area contributed by atoms with Crippen molar-refractivity contribution in [3.63, 3.8) is 0 Å². The van der Waals surface area contributed by atoms with Gasteiger partial charge in [-0.05, 0) is 31.9 Å². The fraction of sp³-hybridized carbons (Fsp3) is 0.600. The van der Waals surface area contributed by atoms with E-state index in [4.69, 9.17) is 0 Å². The molecule has 58 valence electrons. The van der Waals surface area contributed by atoms with Crippen LogP contribution in [0.2, 0.25) is 0 Å². The van der Waals surface area contributed by atoms with E-state index >= 15 is 0 Å². The molecule has 0 spiro atoms. The quantitative estimate of drug-likeness (QED) is 0.496. The zero-order valence-electron chi connectivity index (χ0n) is 5.61. The molecule has 5 heteroatoms. The molecular formula is C5H7Br3N2. The SMILES string of the molecule is CN1C(Br)=C(Br)C(Br)N1C. The first-order valence-corrected chi connectivity index (χ1v) is 5.21. The summed E-state index contributed by atoms with van der Waals surface area (Å²) in [5.41, 5.74) is 0. The molecule has 0 amide bonds. The lowest BCUT2D eigenvalue weighted by atomic mass is 10.6. The Balaban J connectivity index is 2.88. The third kappa shape index (κ3) is 1.29. The monoisotopic (exact) mass is 332 g/mol. The number of alkyl halides is 1. The second-order valence-corrected chi connectivity index (χ2v) is 4.54. The first-order valence-electron chi connectivity index (χ1n) is 2.71. The highest BCUT2D eigenvalue weighted by Gasteiger charge is 2.29. The summed E-state index contributed by atoms with van der Waals surface area (Å²) < 4.78 is 2.19. The zero-order chi connectivity index (χ0) is 7.89. The summed E-state index contributed by atoms with van der Waals surface area (Å²) in [6.07, 6.45) is 0. The molecule has 1 aliphatic heterocycles. The Morgan fingerprint density at radius 1 is 1.30 bits per heavy atom. The summed E-state index contributed by atoms with van der Waals surface area (Å²) in [4.78, 5) is 0.256. The van der Waals surface area contributed by atoms with Crippen molar-refractivity contribution in [3.8, 4) is 0 Å². The molecule has 0 saturated heterocycles. The highest BCUT2D eigenvalue weighted by atomic mass is 79.9. The first kappa shape index (κ1) is 9.03. The van der Waals surface area contributed by atoms with Gasteiger partial charge in [-0.2, -0.15) is 0 Å². The van der Waals surface area contributed by atoms with E-state index in [0.29, 0.717) is 0 Å². The molecule has 1 unspecified atom stereocenters. The maximum Gasteiger partial charge on any atom is 0.118 e. The van der Waals surface area contributed by atoms with Crippen molar-refractivity contribution in [2.75, 3.05) is 14.1 Å². The van der Waals surface area contributed by atoms with E-state index < -0.39 is 0 Å². The second kappa shape index (κ2) is 3.13. The minimum absolute atomic E-state index is 0.256. The van der Waals surface area contributed by atoms with Crippen LogP contribution in [-0.4, -0.2) is 29.1 Å². The average molecular weight is 335 g/mol. The van der Waals surface area contributed by atoms with Gasteiger partial charge in [0.2, 0.25) is 0 Å². The predicted octanol–water partition coefficient (Wildman–Crippen LogP) is 2.46. The van der Waals surface area contributed by atoms with Gasteiger partial charge in [-0.15, -0.1) is 0 Å². The molecule has 0 radical (unpaired) electrons. The summed E-state index contributed by atoms with van der Waals surface area (Å²) in [5, 5.41) is 4.08. The molecule has 0 aliphatic carbocycles. The predicted molar refractivity (Wildman–Crippen MR) is 53.1 cm³/mol. The van der Waals surface area contributed by atoms with E-state index in [-0.39, 0.29) is 4.95 Å². The van der Waals surface area contributed by atoms with Crippen LogP contribution in [0.3, 0.4) is 0 Å². The molecule has 2 nitrogen and oxygen atoms in total. The van der Waals surface area contributed by atoms with Crippen LogP contribution in [0.5, 0.6) is 0 Å². The van der Waals surface area contributed by atoms with Gasteiger partial charge in [0.25, 0.3) is 0 Å². The van der Waals surface area contributed by atoms with Crippen LogP contribution in [0.25, 0.3) is 0 Å². The number of likely N-dealkylation sites (N-methyl/N-ethyl adjacent to an activating group) is 1. The molecule has 0 saturated carbocycles. The van der Waals surface area contributed by atoms with Crippen molar-refractivity contribution in [2.45, 2.75) is 4.95 Å². The number of nitrogens with zero attached hydrogens (tertiary/aromatic N) is 2. The smallest absolute Gasteiger partial charge is 0.118 e. The number of rotatable bonds is 0. The minimum Gasteiger partial charge on any atom is -0.300 e. The molecule has 1 rings (SSSR count). The first-order chi connectivity index (χ1) is 4.55. The van der Waals surface area contributed by atoms with Crippen LogP contribution in [0.1, 0.15) is 0 Å². The van der Waals surface area contributed by atoms with Crippen molar-refractivity contribution in [1.29, 1.82) is 0 Å². The van der Waals surface area contributed by atoms with Gasteiger partial charge in [0.05, 0.1) is 4.48 Å². The topological polar surface area (TPSA) is 6.48 Å². The molecule has 0 aromatic carbocycles. The Kier molecular flexibility index (Phi) is 2.82. The van der Waals surface area contributed by atoms with Crippen molar-refractivity contribution in [2.24, 2.45) is 0 Å². The Bertz CT molecular complexity index is 162. The van der Waals surface area contributed by atoms with Gasteiger partial charge in [-0.1, -0.05) is 15.9 Å². The molecule has 1 atom stereocenters. The molecule has 1 aliphatic rings. The third-order valence-corrected chi connectivity index (χ3v) is 5.44. The molecule has 0 aromatic heterocycles. The summed E-state index contributed by atoms with van der Waals surface area (Å²) >= 11 is 10.4. The van der Waals surface area contributed by atoms with Crippen LogP contribution < -0.4 is 0 Å². The maximum absolute atomic E-state index is 3.50. The van der Waals surface area contributed by atoms with Crippen LogP contribution in [0.15, 0.2) is 9.09 Å². The maximum atomic E-state index is 3.50. The van der Waals surface area contributed by atoms with Crippen molar-refractivity contribution >= 4 is 47.8 Å². The third-order valence-electron chi connectivity index (χ3n) is 1.49. The summed E-state index contributed by atoms with van der Waals surface area (Å²) in [7, 11) is 4.00. The standard InChI is InChI=1S/C5H7Br3N2/c1-9-4(7)3(6)5(8)10(9)2/h4H,1-2H3. The normalized spacial score (nSPS) is 28.5. The van der Waals surface area contributed by atoms with Crippen LogP contribution in [0, 0.1) is 0 Å². The zero-order valence-corrected chi connectivity index (χ0v) is 10.4. The highest BCUT2D eigenvalue weighted by Crippen LogP contribution is 2.36.